The minimum Gasteiger partial charge on any atom is -0.360 e. The average molecular weight is 496 g/mol. The summed E-state index contributed by atoms with van der Waals surface area (Å²) >= 11 is 0. The highest BCUT2D eigenvalue weighted by Crippen LogP contribution is 2.37. The van der Waals surface area contributed by atoms with Crippen molar-refractivity contribution in [1.29, 1.82) is 0 Å². The van der Waals surface area contributed by atoms with E-state index in [1.54, 1.807) is 13.8 Å². The van der Waals surface area contributed by atoms with E-state index in [1.165, 1.54) is 9.21 Å². The molecule has 11 nitrogen and oxygen atoms in total. The summed E-state index contributed by atoms with van der Waals surface area (Å²) in [6.45, 7) is 5.82. The first kappa shape index (κ1) is 24.6. The average Bonchev–Trinajstić information content (AvgIpc) is 3.12. The topological polar surface area (TPSA) is 133 Å². The fourth-order valence-corrected chi connectivity index (χ4v) is 7.09. The van der Waals surface area contributed by atoms with Crippen LogP contribution in [0.1, 0.15) is 56.9 Å². The van der Waals surface area contributed by atoms with Gasteiger partial charge in [0.25, 0.3) is 5.91 Å². The van der Waals surface area contributed by atoms with Gasteiger partial charge in [0.2, 0.25) is 15.9 Å². The van der Waals surface area contributed by atoms with Gasteiger partial charge in [-0.3, -0.25) is 14.5 Å². The third-order valence-corrected chi connectivity index (χ3v) is 9.59. The van der Waals surface area contributed by atoms with Gasteiger partial charge in [-0.15, -0.1) is 0 Å². The number of sulfonamides is 1. The van der Waals surface area contributed by atoms with Crippen LogP contribution in [0.3, 0.4) is 0 Å². The van der Waals surface area contributed by atoms with E-state index < -0.39 is 21.6 Å². The Bertz CT molecular complexity index is 1060. The van der Waals surface area contributed by atoms with Gasteiger partial charge >= 0.3 is 6.03 Å². The quantitative estimate of drug-likeness (QED) is 0.611. The molecule has 0 atom stereocenters. The van der Waals surface area contributed by atoms with Crippen molar-refractivity contribution >= 4 is 27.9 Å². The molecule has 188 valence electrons. The molecule has 1 aliphatic carbocycles. The third-order valence-electron chi connectivity index (χ3n) is 7.45. The third kappa shape index (κ3) is 4.33. The normalized spacial score (nSPS) is 26.7. The molecule has 3 heterocycles. The van der Waals surface area contributed by atoms with Gasteiger partial charge in [0, 0.05) is 26.2 Å². The number of carbonyl (C=O) groups is 3. The Morgan fingerprint density at radius 2 is 1.85 bits per heavy atom. The van der Waals surface area contributed by atoms with Crippen LogP contribution in [0.15, 0.2) is 9.42 Å². The molecule has 0 unspecified atom stereocenters. The lowest BCUT2D eigenvalue weighted by Crippen LogP contribution is -2.50. The number of hydrogen-bond acceptors (Lipinski definition) is 7. The summed E-state index contributed by atoms with van der Waals surface area (Å²) < 4.78 is 32.6. The largest absolute Gasteiger partial charge is 0.360 e. The van der Waals surface area contributed by atoms with Gasteiger partial charge in [0.05, 0.1) is 0 Å². The second kappa shape index (κ2) is 9.29. The van der Waals surface area contributed by atoms with E-state index in [2.05, 4.69) is 17.4 Å². The second-order valence-electron chi connectivity index (χ2n) is 9.55. The van der Waals surface area contributed by atoms with E-state index in [1.807, 2.05) is 0 Å². The van der Waals surface area contributed by atoms with Gasteiger partial charge < -0.3 is 14.7 Å². The molecule has 2 saturated heterocycles. The molecular weight excluding hydrogens is 462 g/mol. The zero-order valence-electron chi connectivity index (χ0n) is 20.0. The Morgan fingerprint density at radius 1 is 1.15 bits per heavy atom. The monoisotopic (exact) mass is 495 g/mol. The predicted octanol–water partition coefficient (Wildman–Crippen LogP) is 1.41. The van der Waals surface area contributed by atoms with E-state index in [4.69, 9.17) is 4.52 Å². The Balaban J connectivity index is 1.39. The second-order valence-corrected chi connectivity index (χ2v) is 11.4. The molecule has 12 heteroatoms. The van der Waals surface area contributed by atoms with E-state index >= 15 is 0 Å². The lowest BCUT2D eigenvalue weighted by molar-refractivity contribution is -0.139. The molecule has 3 fully saturated rings. The summed E-state index contributed by atoms with van der Waals surface area (Å²) in [5, 5.41) is 6.59. The number of rotatable bonds is 5. The van der Waals surface area contributed by atoms with Gasteiger partial charge in [0.15, 0.2) is 5.76 Å². The summed E-state index contributed by atoms with van der Waals surface area (Å²) in [5.74, 6) is 0.111. The van der Waals surface area contributed by atoms with E-state index in [0.717, 1.165) is 24.2 Å². The molecule has 1 N–H and O–H groups in total. The number of nitrogens with one attached hydrogen (secondary N) is 1. The van der Waals surface area contributed by atoms with Crippen molar-refractivity contribution in [2.45, 2.75) is 69.7 Å². The summed E-state index contributed by atoms with van der Waals surface area (Å²) in [4.78, 5) is 41.4. The highest BCUT2D eigenvalue weighted by Gasteiger charge is 2.52. The predicted molar refractivity (Wildman–Crippen MR) is 121 cm³/mol. The zero-order chi connectivity index (χ0) is 24.7. The van der Waals surface area contributed by atoms with Gasteiger partial charge in [-0.1, -0.05) is 18.5 Å². The molecule has 1 spiro atoms. The number of aromatic nitrogens is 1. The number of amides is 4. The van der Waals surface area contributed by atoms with Crippen LogP contribution in [-0.4, -0.2) is 83.8 Å². The van der Waals surface area contributed by atoms with Crippen molar-refractivity contribution in [1.82, 2.24) is 24.6 Å². The summed E-state index contributed by atoms with van der Waals surface area (Å²) in [5.41, 5.74) is -0.587. The molecule has 4 amide bonds. The Hall–Kier alpha value is -2.47. The van der Waals surface area contributed by atoms with Crippen LogP contribution in [0, 0.1) is 19.8 Å². The fourth-order valence-electron chi connectivity index (χ4n) is 5.33. The van der Waals surface area contributed by atoms with Crippen LogP contribution in [0.2, 0.25) is 0 Å². The fraction of sp³-hybridized carbons (Fsp3) is 0.727. The minimum atomic E-state index is -3.81. The number of urea groups is 1. The first-order valence-corrected chi connectivity index (χ1v) is 13.4. The van der Waals surface area contributed by atoms with Crippen molar-refractivity contribution in [3.05, 3.63) is 11.5 Å². The van der Waals surface area contributed by atoms with E-state index in [0.29, 0.717) is 37.4 Å². The van der Waals surface area contributed by atoms with Crippen molar-refractivity contribution < 1.29 is 27.3 Å². The number of hydrogen-bond donors (Lipinski definition) is 1. The lowest BCUT2D eigenvalue weighted by Gasteiger charge is -2.34. The van der Waals surface area contributed by atoms with Crippen LogP contribution >= 0.6 is 0 Å². The number of carbonyl (C=O) groups excluding carboxylic acids is 3. The molecule has 4 rings (SSSR count). The minimum absolute atomic E-state index is 0.0645. The highest BCUT2D eigenvalue weighted by molar-refractivity contribution is 7.89. The molecule has 1 aromatic heterocycles. The maximum absolute atomic E-state index is 13.1. The maximum atomic E-state index is 13.1. The summed E-state index contributed by atoms with van der Waals surface area (Å²) in [6, 6.07) is -0.522. The molecule has 3 aliphatic rings. The SMILES string of the molecule is CCC1CCC2(CC1)NC(=O)N(CC(=O)N1CCCN(S(=O)(=O)c3c(C)noc3C)CC1)C2=O. The first-order valence-electron chi connectivity index (χ1n) is 11.9. The molecular formula is C22H33N5O6S. The van der Waals surface area contributed by atoms with Gasteiger partial charge in [-0.25, -0.2) is 13.2 Å². The zero-order valence-corrected chi connectivity index (χ0v) is 20.8. The molecule has 0 aromatic carbocycles. The van der Waals surface area contributed by atoms with Gasteiger partial charge in [0.1, 0.15) is 22.7 Å². The van der Waals surface area contributed by atoms with Crippen molar-refractivity contribution in [2.75, 3.05) is 32.7 Å². The number of imide groups is 1. The molecule has 0 radical (unpaired) electrons. The molecule has 1 saturated carbocycles. The van der Waals surface area contributed by atoms with Crippen molar-refractivity contribution in [2.24, 2.45) is 5.92 Å². The van der Waals surface area contributed by atoms with Crippen molar-refractivity contribution in [3.8, 4) is 0 Å². The Morgan fingerprint density at radius 3 is 2.47 bits per heavy atom. The van der Waals surface area contributed by atoms with Crippen LogP contribution in [0.25, 0.3) is 0 Å². The number of nitrogens with zero attached hydrogens (tertiary/aromatic N) is 4. The molecule has 34 heavy (non-hydrogen) atoms. The Labute approximate surface area is 199 Å². The lowest BCUT2D eigenvalue weighted by atomic mass is 9.75. The summed E-state index contributed by atoms with van der Waals surface area (Å²) in [7, 11) is -3.81. The molecule has 1 aromatic rings. The van der Waals surface area contributed by atoms with Crippen LogP contribution in [0.5, 0.6) is 0 Å². The van der Waals surface area contributed by atoms with Crippen LogP contribution in [0.4, 0.5) is 4.79 Å². The smallest absolute Gasteiger partial charge is 0.325 e. The van der Waals surface area contributed by atoms with Crippen LogP contribution in [-0.2, 0) is 19.6 Å². The van der Waals surface area contributed by atoms with Crippen molar-refractivity contribution in [3.63, 3.8) is 0 Å². The maximum Gasteiger partial charge on any atom is 0.325 e. The van der Waals surface area contributed by atoms with E-state index in [-0.39, 0.29) is 48.6 Å². The summed E-state index contributed by atoms with van der Waals surface area (Å²) in [6.07, 6.45) is 4.45. The molecule has 0 bridgehead atoms. The Kier molecular flexibility index (Phi) is 6.74. The number of aryl methyl sites for hydroxylation is 2. The molecule has 2 aliphatic heterocycles. The first-order chi connectivity index (χ1) is 16.1. The van der Waals surface area contributed by atoms with Gasteiger partial charge in [-0.05, 0) is 51.9 Å². The van der Waals surface area contributed by atoms with Gasteiger partial charge in [-0.2, -0.15) is 4.31 Å². The highest BCUT2D eigenvalue weighted by atomic mass is 32.2. The van der Waals surface area contributed by atoms with Crippen LogP contribution < -0.4 is 5.32 Å². The standard InChI is InChI=1S/C22H33N5O6S/c1-4-17-6-8-22(9-7-17)20(29)27(21(30)23-22)14-18(28)25-10-5-11-26(13-12-25)34(31,32)19-15(2)24-33-16(19)3/h17H,4-14H2,1-3H3,(H,23,30). The van der Waals surface area contributed by atoms with E-state index in [9.17, 15) is 22.8 Å².